The Hall–Kier alpha value is -2.95. The van der Waals surface area contributed by atoms with Gasteiger partial charge in [0, 0.05) is 10.9 Å². The summed E-state index contributed by atoms with van der Waals surface area (Å²) in [5.41, 5.74) is 3.19. The van der Waals surface area contributed by atoms with E-state index in [4.69, 9.17) is 9.47 Å². The van der Waals surface area contributed by atoms with E-state index in [1.807, 2.05) is 19.9 Å². The topological polar surface area (TPSA) is 71.6 Å². The van der Waals surface area contributed by atoms with Gasteiger partial charge in [-0.25, -0.2) is 0 Å². The number of methoxy groups -OCH3 is 2. The molecule has 0 unspecified atom stereocenters. The highest BCUT2D eigenvalue weighted by Gasteiger charge is 2.19. The van der Waals surface area contributed by atoms with Crippen molar-refractivity contribution in [1.82, 2.24) is 4.98 Å². The van der Waals surface area contributed by atoms with Crippen molar-refractivity contribution in [2.45, 2.75) is 13.8 Å². The molecule has 0 aliphatic carbocycles. The van der Waals surface area contributed by atoms with E-state index >= 15 is 0 Å². The maximum Gasteiger partial charge on any atom is 0.231 e. The number of fused-ring (bicyclic) bond motifs is 1. The van der Waals surface area contributed by atoms with Gasteiger partial charge < -0.3 is 19.6 Å². The lowest BCUT2D eigenvalue weighted by molar-refractivity contribution is 0.356. The minimum absolute atomic E-state index is 0.312. The number of H-pyrrole nitrogens is 1. The first-order valence-electron chi connectivity index (χ1n) is 7.55. The summed E-state index contributed by atoms with van der Waals surface area (Å²) in [5, 5.41) is 10.9. The van der Waals surface area contributed by atoms with Gasteiger partial charge in [-0.05, 0) is 49.2 Å². The van der Waals surface area contributed by atoms with Gasteiger partial charge in [-0.15, -0.1) is 0 Å². The zero-order valence-electron chi connectivity index (χ0n) is 14.1. The van der Waals surface area contributed by atoms with Gasteiger partial charge in [-0.1, -0.05) is 6.07 Å². The smallest absolute Gasteiger partial charge is 0.231 e. The van der Waals surface area contributed by atoms with E-state index in [9.17, 15) is 9.90 Å². The second-order valence-corrected chi connectivity index (χ2v) is 5.70. The Kier molecular flexibility index (Phi) is 3.93. The van der Waals surface area contributed by atoms with Crippen molar-refractivity contribution in [3.05, 3.63) is 51.7 Å². The van der Waals surface area contributed by atoms with Gasteiger partial charge in [0.1, 0.15) is 0 Å². The first-order valence-corrected chi connectivity index (χ1v) is 7.55. The number of aromatic nitrogens is 1. The minimum Gasteiger partial charge on any atom is -0.503 e. The first-order chi connectivity index (χ1) is 11.5. The quantitative estimate of drug-likeness (QED) is 0.773. The number of aromatic hydroxyl groups is 1. The molecule has 0 saturated heterocycles. The van der Waals surface area contributed by atoms with Gasteiger partial charge in [0.2, 0.25) is 5.43 Å². The fourth-order valence-corrected chi connectivity index (χ4v) is 2.82. The van der Waals surface area contributed by atoms with Crippen molar-refractivity contribution in [2.75, 3.05) is 14.2 Å². The van der Waals surface area contributed by atoms with Crippen LogP contribution in [0.3, 0.4) is 0 Å². The van der Waals surface area contributed by atoms with E-state index in [0.717, 1.165) is 11.1 Å². The number of hydrogen-bond acceptors (Lipinski definition) is 4. The molecule has 1 aromatic heterocycles. The fraction of sp³-hybridized carbons (Fsp3) is 0.211. The zero-order chi connectivity index (χ0) is 17.4. The van der Waals surface area contributed by atoms with Crippen LogP contribution in [-0.2, 0) is 0 Å². The summed E-state index contributed by atoms with van der Waals surface area (Å²) in [4.78, 5) is 15.8. The molecule has 24 heavy (non-hydrogen) atoms. The van der Waals surface area contributed by atoms with Gasteiger partial charge in [0.25, 0.3) is 0 Å². The normalized spacial score (nSPS) is 10.8. The molecular weight excluding hydrogens is 306 g/mol. The van der Waals surface area contributed by atoms with Crippen LogP contribution in [-0.4, -0.2) is 24.3 Å². The van der Waals surface area contributed by atoms with Gasteiger partial charge in [0.15, 0.2) is 17.2 Å². The molecule has 0 radical (unpaired) electrons. The zero-order valence-corrected chi connectivity index (χ0v) is 14.1. The van der Waals surface area contributed by atoms with Crippen molar-refractivity contribution in [3.8, 4) is 28.5 Å². The molecule has 2 aromatic carbocycles. The highest BCUT2D eigenvalue weighted by molar-refractivity contribution is 5.87. The molecule has 0 aliphatic heterocycles. The number of rotatable bonds is 3. The summed E-state index contributed by atoms with van der Waals surface area (Å²) in [5.74, 6) is 0.641. The van der Waals surface area contributed by atoms with Crippen LogP contribution in [0.4, 0.5) is 0 Å². The number of aromatic amines is 1. The third kappa shape index (κ3) is 2.38. The lowest BCUT2D eigenvalue weighted by atomic mass is 10.0. The Morgan fingerprint density at radius 2 is 1.75 bits per heavy atom. The highest BCUT2D eigenvalue weighted by atomic mass is 16.5. The average molecular weight is 325 g/mol. The molecule has 0 spiro atoms. The molecule has 0 saturated carbocycles. The largest absolute Gasteiger partial charge is 0.503 e. The monoisotopic (exact) mass is 325 g/mol. The van der Waals surface area contributed by atoms with E-state index in [0.29, 0.717) is 33.7 Å². The van der Waals surface area contributed by atoms with E-state index in [-0.39, 0.29) is 5.75 Å². The predicted octanol–water partition coefficient (Wildman–Crippen LogP) is 3.53. The van der Waals surface area contributed by atoms with Gasteiger partial charge in [0.05, 0.1) is 25.4 Å². The second kappa shape index (κ2) is 5.92. The number of aryl methyl sites for hydroxylation is 2. The van der Waals surface area contributed by atoms with Crippen LogP contribution in [0.1, 0.15) is 11.1 Å². The Morgan fingerprint density at radius 3 is 2.42 bits per heavy atom. The summed E-state index contributed by atoms with van der Waals surface area (Å²) >= 11 is 0. The number of para-hydroxylation sites is 1. The van der Waals surface area contributed by atoms with Crippen LogP contribution in [0, 0.1) is 13.8 Å². The van der Waals surface area contributed by atoms with Crippen molar-refractivity contribution in [2.24, 2.45) is 0 Å². The predicted molar refractivity (Wildman–Crippen MR) is 94.2 cm³/mol. The summed E-state index contributed by atoms with van der Waals surface area (Å²) in [6, 6.07) is 8.99. The molecule has 1 heterocycles. The van der Waals surface area contributed by atoms with Crippen molar-refractivity contribution < 1.29 is 14.6 Å². The Morgan fingerprint density at radius 1 is 1.04 bits per heavy atom. The molecular formula is C19H19NO4. The van der Waals surface area contributed by atoms with Crippen LogP contribution in [0.2, 0.25) is 0 Å². The number of ether oxygens (including phenoxy) is 2. The van der Waals surface area contributed by atoms with Crippen LogP contribution < -0.4 is 14.9 Å². The van der Waals surface area contributed by atoms with E-state index in [2.05, 4.69) is 4.98 Å². The van der Waals surface area contributed by atoms with Crippen LogP contribution in [0.5, 0.6) is 17.2 Å². The van der Waals surface area contributed by atoms with Crippen LogP contribution in [0.25, 0.3) is 22.2 Å². The molecule has 5 nitrogen and oxygen atoms in total. The number of pyridine rings is 1. The Labute approximate surface area is 139 Å². The SMILES string of the molecule is COc1cccc(-c2[nH]c3cc(C)c(C)cc3c(=O)c2O)c1OC. The second-order valence-electron chi connectivity index (χ2n) is 5.70. The summed E-state index contributed by atoms with van der Waals surface area (Å²) in [6.07, 6.45) is 0. The molecule has 124 valence electrons. The Balaban J connectivity index is 2.38. The fourth-order valence-electron chi connectivity index (χ4n) is 2.82. The van der Waals surface area contributed by atoms with E-state index < -0.39 is 5.43 Å². The lowest BCUT2D eigenvalue weighted by Gasteiger charge is -2.14. The number of benzene rings is 2. The van der Waals surface area contributed by atoms with Gasteiger partial charge >= 0.3 is 0 Å². The van der Waals surface area contributed by atoms with Crippen molar-refractivity contribution in [1.29, 1.82) is 0 Å². The molecule has 3 rings (SSSR count). The third-order valence-corrected chi connectivity index (χ3v) is 4.26. The van der Waals surface area contributed by atoms with E-state index in [1.165, 1.54) is 14.2 Å². The third-order valence-electron chi connectivity index (χ3n) is 4.26. The lowest BCUT2D eigenvalue weighted by Crippen LogP contribution is -2.06. The molecule has 3 aromatic rings. The molecule has 0 amide bonds. The number of hydrogen-bond donors (Lipinski definition) is 2. The Bertz CT molecular complexity index is 989. The first kappa shape index (κ1) is 15.9. The molecule has 0 atom stereocenters. The van der Waals surface area contributed by atoms with Gasteiger partial charge in [-0.3, -0.25) is 4.79 Å². The van der Waals surface area contributed by atoms with Gasteiger partial charge in [-0.2, -0.15) is 0 Å². The maximum atomic E-state index is 12.6. The van der Waals surface area contributed by atoms with Crippen molar-refractivity contribution >= 4 is 10.9 Å². The molecule has 5 heteroatoms. The maximum absolute atomic E-state index is 12.6. The molecule has 0 bridgehead atoms. The highest BCUT2D eigenvalue weighted by Crippen LogP contribution is 2.39. The summed E-state index contributed by atoms with van der Waals surface area (Å²) in [7, 11) is 3.06. The molecule has 0 aliphatic rings. The van der Waals surface area contributed by atoms with Crippen LogP contribution in [0.15, 0.2) is 35.1 Å². The van der Waals surface area contributed by atoms with Crippen LogP contribution >= 0.6 is 0 Å². The van der Waals surface area contributed by atoms with Crippen molar-refractivity contribution in [3.63, 3.8) is 0 Å². The molecule has 2 N–H and O–H groups in total. The minimum atomic E-state index is -0.410. The number of nitrogens with one attached hydrogen (secondary N) is 1. The standard InChI is InChI=1S/C19H19NO4/c1-10-8-13-14(9-11(10)2)20-16(18(22)17(13)21)12-6-5-7-15(23-3)19(12)24-4/h5-9,22H,1-4H3,(H,20,21). The molecule has 0 fully saturated rings. The summed E-state index contributed by atoms with van der Waals surface area (Å²) in [6.45, 7) is 3.91. The van der Waals surface area contributed by atoms with E-state index in [1.54, 1.807) is 24.3 Å². The summed E-state index contributed by atoms with van der Waals surface area (Å²) < 4.78 is 10.7. The average Bonchev–Trinajstić information content (AvgIpc) is 2.59.